The minimum absolute atomic E-state index is 0.375. The first-order chi connectivity index (χ1) is 5.31. The Morgan fingerprint density at radius 3 is 3.18 bits per heavy atom. The molecule has 2 N–H and O–H groups in total. The molecular weight excluding hydrogens is 138 g/mol. The fraction of sp³-hybridized carbons (Fsp3) is 0.778. The summed E-state index contributed by atoms with van der Waals surface area (Å²) in [7, 11) is 0. The standard InChI is InChI=1S/C9H15NO/c11-9-4-2-1-3-8(9)7-10-6-5-9/h1-2,8,10-11H,3-7H2. The Morgan fingerprint density at radius 2 is 2.36 bits per heavy atom. The maximum atomic E-state index is 10.1. The lowest BCUT2D eigenvalue weighted by Gasteiger charge is -2.41. The number of allylic oxidation sites excluding steroid dienone is 1. The predicted molar refractivity (Wildman–Crippen MR) is 44.3 cm³/mol. The van der Waals surface area contributed by atoms with Crippen molar-refractivity contribution in [3.63, 3.8) is 0 Å². The number of nitrogens with one attached hydrogen (secondary N) is 1. The second-order valence-corrected chi connectivity index (χ2v) is 3.67. The molecule has 1 aliphatic carbocycles. The molecule has 0 radical (unpaired) electrons. The Hall–Kier alpha value is -0.340. The Labute approximate surface area is 67.3 Å². The van der Waals surface area contributed by atoms with Crippen LogP contribution in [0.5, 0.6) is 0 Å². The lowest BCUT2D eigenvalue weighted by molar-refractivity contribution is -0.0409. The van der Waals surface area contributed by atoms with Crippen LogP contribution < -0.4 is 5.32 Å². The lowest BCUT2D eigenvalue weighted by atomic mass is 9.75. The van der Waals surface area contributed by atoms with E-state index in [1.165, 1.54) is 0 Å². The number of fused-ring (bicyclic) bond motifs is 1. The topological polar surface area (TPSA) is 32.3 Å². The van der Waals surface area contributed by atoms with Gasteiger partial charge in [-0.05, 0) is 25.8 Å². The Kier molecular flexibility index (Phi) is 1.74. The van der Waals surface area contributed by atoms with Gasteiger partial charge in [-0.3, -0.25) is 0 Å². The molecule has 11 heavy (non-hydrogen) atoms. The van der Waals surface area contributed by atoms with Crippen molar-refractivity contribution >= 4 is 0 Å². The normalized spacial score (nSPS) is 43.5. The first-order valence-corrected chi connectivity index (χ1v) is 4.39. The van der Waals surface area contributed by atoms with E-state index in [0.717, 1.165) is 32.4 Å². The van der Waals surface area contributed by atoms with Crippen molar-refractivity contribution in [1.29, 1.82) is 0 Å². The van der Waals surface area contributed by atoms with Crippen LogP contribution in [0.2, 0.25) is 0 Å². The molecule has 2 heteroatoms. The van der Waals surface area contributed by atoms with E-state index in [4.69, 9.17) is 0 Å². The molecule has 2 atom stereocenters. The summed E-state index contributed by atoms with van der Waals surface area (Å²) in [5.41, 5.74) is -0.375. The lowest BCUT2D eigenvalue weighted by Crippen LogP contribution is -2.50. The molecule has 0 bridgehead atoms. The Morgan fingerprint density at radius 1 is 1.45 bits per heavy atom. The smallest absolute Gasteiger partial charge is 0.0737 e. The third-order valence-corrected chi connectivity index (χ3v) is 2.94. The monoisotopic (exact) mass is 153 g/mol. The van der Waals surface area contributed by atoms with Crippen LogP contribution in [0.15, 0.2) is 12.2 Å². The summed E-state index contributed by atoms with van der Waals surface area (Å²) in [6.45, 7) is 1.96. The molecule has 2 unspecified atom stereocenters. The molecule has 1 aliphatic heterocycles. The summed E-state index contributed by atoms with van der Waals surface area (Å²) in [5, 5.41) is 13.4. The average Bonchev–Trinajstić information content (AvgIpc) is 2.03. The van der Waals surface area contributed by atoms with Crippen LogP contribution in [0.25, 0.3) is 0 Å². The van der Waals surface area contributed by atoms with E-state index in [2.05, 4.69) is 17.5 Å². The second-order valence-electron chi connectivity index (χ2n) is 3.67. The Balaban J connectivity index is 2.15. The highest BCUT2D eigenvalue weighted by molar-refractivity contribution is 5.05. The van der Waals surface area contributed by atoms with Crippen LogP contribution in [0.1, 0.15) is 19.3 Å². The number of aliphatic hydroxyl groups is 1. The van der Waals surface area contributed by atoms with E-state index < -0.39 is 0 Å². The molecule has 0 saturated carbocycles. The molecular formula is C9H15NO. The van der Waals surface area contributed by atoms with Gasteiger partial charge in [0.15, 0.2) is 0 Å². The highest BCUT2D eigenvalue weighted by Gasteiger charge is 2.38. The van der Waals surface area contributed by atoms with Gasteiger partial charge in [0.05, 0.1) is 5.60 Å². The zero-order valence-corrected chi connectivity index (χ0v) is 6.71. The number of hydrogen-bond donors (Lipinski definition) is 2. The van der Waals surface area contributed by atoms with Crippen LogP contribution >= 0.6 is 0 Å². The number of rotatable bonds is 0. The van der Waals surface area contributed by atoms with Crippen molar-refractivity contribution in [2.24, 2.45) is 5.92 Å². The first kappa shape index (κ1) is 7.32. The van der Waals surface area contributed by atoms with Crippen LogP contribution in [-0.4, -0.2) is 23.8 Å². The van der Waals surface area contributed by atoms with Gasteiger partial charge in [-0.1, -0.05) is 12.2 Å². The molecule has 0 aromatic heterocycles. The predicted octanol–water partition coefficient (Wildman–Crippen LogP) is 0.677. The highest BCUT2D eigenvalue weighted by atomic mass is 16.3. The van der Waals surface area contributed by atoms with Crippen LogP contribution in [0.4, 0.5) is 0 Å². The van der Waals surface area contributed by atoms with Gasteiger partial charge in [0.1, 0.15) is 0 Å². The van der Waals surface area contributed by atoms with Gasteiger partial charge in [-0.2, -0.15) is 0 Å². The van der Waals surface area contributed by atoms with E-state index in [1.807, 2.05) is 0 Å². The fourth-order valence-electron chi connectivity index (χ4n) is 2.09. The molecule has 0 spiro atoms. The van der Waals surface area contributed by atoms with Crippen LogP contribution in [0, 0.1) is 5.92 Å². The largest absolute Gasteiger partial charge is 0.389 e. The van der Waals surface area contributed by atoms with Crippen molar-refractivity contribution in [1.82, 2.24) is 5.32 Å². The third kappa shape index (κ3) is 1.21. The van der Waals surface area contributed by atoms with Crippen LogP contribution in [-0.2, 0) is 0 Å². The van der Waals surface area contributed by atoms with E-state index >= 15 is 0 Å². The van der Waals surface area contributed by atoms with Crippen molar-refractivity contribution in [2.45, 2.75) is 24.9 Å². The molecule has 1 heterocycles. The van der Waals surface area contributed by atoms with E-state index in [-0.39, 0.29) is 5.60 Å². The molecule has 1 fully saturated rings. The summed E-state index contributed by atoms with van der Waals surface area (Å²) < 4.78 is 0. The van der Waals surface area contributed by atoms with Gasteiger partial charge >= 0.3 is 0 Å². The SMILES string of the molecule is OC12CC=CCC1CNCC2. The van der Waals surface area contributed by atoms with E-state index in [9.17, 15) is 5.11 Å². The quantitative estimate of drug-likeness (QED) is 0.501. The average molecular weight is 153 g/mol. The van der Waals surface area contributed by atoms with Gasteiger partial charge in [0.25, 0.3) is 0 Å². The second kappa shape index (κ2) is 2.61. The molecule has 1 saturated heterocycles. The van der Waals surface area contributed by atoms with Gasteiger partial charge in [0.2, 0.25) is 0 Å². The molecule has 62 valence electrons. The summed E-state index contributed by atoms with van der Waals surface area (Å²) in [6.07, 6.45) is 7.12. The van der Waals surface area contributed by atoms with E-state index in [0.29, 0.717) is 5.92 Å². The highest BCUT2D eigenvalue weighted by Crippen LogP contribution is 2.33. The summed E-state index contributed by atoms with van der Waals surface area (Å²) >= 11 is 0. The summed E-state index contributed by atoms with van der Waals surface area (Å²) in [4.78, 5) is 0. The van der Waals surface area contributed by atoms with Crippen molar-refractivity contribution in [2.75, 3.05) is 13.1 Å². The minimum atomic E-state index is -0.375. The van der Waals surface area contributed by atoms with Gasteiger partial charge in [-0.25, -0.2) is 0 Å². The van der Waals surface area contributed by atoms with E-state index in [1.54, 1.807) is 0 Å². The van der Waals surface area contributed by atoms with Gasteiger partial charge in [0, 0.05) is 12.5 Å². The van der Waals surface area contributed by atoms with Gasteiger partial charge in [-0.15, -0.1) is 0 Å². The molecule has 2 rings (SSSR count). The minimum Gasteiger partial charge on any atom is -0.389 e. The molecule has 0 aromatic rings. The molecule has 0 aromatic carbocycles. The zero-order chi connectivity index (χ0) is 7.73. The molecule has 0 amide bonds. The number of hydrogen-bond acceptors (Lipinski definition) is 2. The fourth-order valence-corrected chi connectivity index (χ4v) is 2.09. The Bertz CT molecular complexity index is 178. The first-order valence-electron chi connectivity index (χ1n) is 4.39. The van der Waals surface area contributed by atoms with Crippen molar-refractivity contribution in [3.8, 4) is 0 Å². The maximum absolute atomic E-state index is 10.1. The van der Waals surface area contributed by atoms with Crippen molar-refractivity contribution in [3.05, 3.63) is 12.2 Å². The molecule has 2 aliphatic rings. The third-order valence-electron chi connectivity index (χ3n) is 2.94. The molecule has 2 nitrogen and oxygen atoms in total. The van der Waals surface area contributed by atoms with Crippen LogP contribution in [0.3, 0.4) is 0 Å². The summed E-state index contributed by atoms with van der Waals surface area (Å²) in [6, 6.07) is 0. The van der Waals surface area contributed by atoms with Crippen molar-refractivity contribution < 1.29 is 5.11 Å². The maximum Gasteiger partial charge on any atom is 0.0737 e. The summed E-state index contributed by atoms with van der Waals surface area (Å²) in [5.74, 6) is 0.459. The number of piperidine rings is 1. The zero-order valence-electron chi connectivity index (χ0n) is 6.71. The van der Waals surface area contributed by atoms with Gasteiger partial charge < -0.3 is 10.4 Å².